The van der Waals surface area contributed by atoms with Gasteiger partial charge in [0.05, 0.1) is 26.0 Å². The second-order valence-corrected chi connectivity index (χ2v) is 5.53. The van der Waals surface area contributed by atoms with E-state index in [0.29, 0.717) is 32.2 Å². The first-order valence-corrected chi connectivity index (χ1v) is 7.59. The third kappa shape index (κ3) is 4.42. The Morgan fingerprint density at radius 1 is 1.38 bits per heavy atom. The summed E-state index contributed by atoms with van der Waals surface area (Å²) in [4.78, 5) is 19.9. The van der Waals surface area contributed by atoms with Gasteiger partial charge < -0.3 is 24.1 Å². The second kappa shape index (κ2) is 8.07. The summed E-state index contributed by atoms with van der Waals surface area (Å²) in [7, 11) is 1.60. The van der Waals surface area contributed by atoms with Gasteiger partial charge in [0.1, 0.15) is 19.0 Å². The van der Waals surface area contributed by atoms with Crippen LogP contribution in [0.1, 0.15) is 19.5 Å². The average Bonchev–Trinajstić information content (AvgIpc) is 2.94. The monoisotopic (exact) mass is 338 g/mol. The number of rotatable bonds is 9. The minimum atomic E-state index is -0.932. The molecule has 2 heterocycles. The van der Waals surface area contributed by atoms with E-state index < -0.39 is 5.54 Å². The number of Topliss-reactive ketones (excluding diaryl/α,β-unsaturated/α-hetero) is 1. The molecule has 1 N–H and O–H groups in total. The average molecular weight is 338 g/mol. The molecule has 0 saturated carbocycles. The zero-order chi connectivity index (χ0) is 17.6. The molecule has 1 unspecified atom stereocenters. The maximum absolute atomic E-state index is 11.6. The first-order chi connectivity index (χ1) is 11.5. The Hall–Kier alpha value is -2.19. The van der Waals surface area contributed by atoms with E-state index in [1.165, 1.54) is 19.2 Å². The van der Waals surface area contributed by atoms with Gasteiger partial charge in [-0.05, 0) is 13.8 Å². The van der Waals surface area contributed by atoms with E-state index in [1.54, 1.807) is 14.0 Å². The molecule has 1 atom stereocenters. The minimum absolute atomic E-state index is 0.106. The van der Waals surface area contributed by atoms with Crippen LogP contribution < -0.4 is 4.74 Å². The van der Waals surface area contributed by atoms with Crippen LogP contribution in [0, 0.1) is 0 Å². The van der Waals surface area contributed by atoms with E-state index in [9.17, 15) is 9.90 Å². The van der Waals surface area contributed by atoms with Crippen LogP contribution in [0.5, 0.6) is 11.5 Å². The summed E-state index contributed by atoms with van der Waals surface area (Å²) >= 11 is 0. The zero-order valence-electron chi connectivity index (χ0n) is 14.1. The summed E-state index contributed by atoms with van der Waals surface area (Å²) in [6.07, 6.45) is 1.46. The Balaban J connectivity index is 1.94. The van der Waals surface area contributed by atoms with Gasteiger partial charge in [-0.3, -0.25) is 4.79 Å². The van der Waals surface area contributed by atoms with Crippen molar-refractivity contribution in [3.8, 4) is 11.5 Å². The lowest BCUT2D eigenvalue weighted by Gasteiger charge is -2.12. The smallest absolute Gasteiger partial charge is 0.240 e. The molecular weight excluding hydrogens is 316 g/mol. The van der Waals surface area contributed by atoms with E-state index >= 15 is 0 Å². The number of ketones is 1. The number of aromatic hydroxyl groups is 1. The summed E-state index contributed by atoms with van der Waals surface area (Å²) in [5.74, 6) is 0.323. The fourth-order valence-electron chi connectivity index (χ4n) is 1.94. The van der Waals surface area contributed by atoms with E-state index in [2.05, 4.69) is 9.98 Å². The van der Waals surface area contributed by atoms with Gasteiger partial charge in [0.2, 0.25) is 5.90 Å². The molecule has 8 nitrogen and oxygen atoms in total. The van der Waals surface area contributed by atoms with Crippen molar-refractivity contribution in [2.24, 2.45) is 4.99 Å². The lowest BCUT2D eigenvalue weighted by Crippen LogP contribution is -2.32. The van der Waals surface area contributed by atoms with Gasteiger partial charge in [0.15, 0.2) is 22.8 Å². The normalized spacial score (nSPS) is 19.7. The zero-order valence-corrected chi connectivity index (χ0v) is 14.1. The minimum Gasteiger partial charge on any atom is -0.505 e. The number of methoxy groups -OCH3 is 1. The molecule has 1 aliphatic rings. The highest BCUT2D eigenvalue weighted by Gasteiger charge is 2.37. The van der Waals surface area contributed by atoms with Crippen molar-refractivity contribution in [3.05, 3.63) is 18.0 Å². The molecule has 1 aromatic rings. The molecule has 1 aliphatic heterocycles. The molecular formula is C16H22N2O6. The fraction of sp³-hybridized carbons (Fsp3) is 0.562. The summed E-state index contributed by atoms with van der Waals surface area (Å²) in [5, 5.41) is 10.1. The van der Waals surface area contributed by atoms with E-state index in [0.717, 1.165) is 0 Å². The van der Waals surface area contributed by atoms with Crippen LogP contribution in [0.25, 0.3) is 0 Å². The number of hydrogen-bond donors (Lipinski definition) is 1. The van der Waals surface area contributed by atoms with Gasteiger partial charge in [0, 0.05) is 13.2 Å². The number of hydrogen-bond acceptors (Lipinski definition) is 8. The topological polar surface area (TPSA) is 99.5 Å². The van der Waals surface area contributed by atoms with E-state index in [4.69, 9.17) is 18.9 Å². The molecule has 0 aromatic carbocycles. The molecule has 24 heavy (non-hydrogen) atoms. The van der Waals surface area contributed by atoms with Crippen molar-refractivity contribution >= 4 is 11.7 Å². The fourth-order valence-corrected chi connectivity index (χ4v) is 1.94. The molecule has 0 bridgehead atoms. The van der Waals surface area contributed by atoms with Crippen molar-refractivity contribution in [1.29, 1.82) is 0 Å². The lowest BCUT2D eigenvalue weighted by molar-refractivity contribution is -0.121. The Morgan fingerprint density at radius 3 is 2.75 bits per heavy atom. The van der Waals surface area contributed by atoms with Crippen LogP contribution in [0.15, 0.2) is 17.3 Å². The van der Waals surface area contributed by atoms with Crippen molar-refractivity contribution in [3.63, 3.8) is 0 Å². The van der Waals surface area contributed by atoms with Crippen LogP contribution >= 0.6 is 0 Å². The largest absolute Gasteiger partial charge is 0.505 e. The van der Waals surface area contributed by atoms with Crippen LogP contribution in [0.2, 0.25) is 0 Å². The van der Waals surface area contributed by atoms with Crippen molar-refractivity contribution in [2.75, 3.05) is 40.1 Å². The molecule has 0 saturated heterocycles. The highest BCUT2D eigenvalue weighted by Crippen LogP contribution is 2.27. The molecule has 0 radical (unpaired) electrons. The number of aliphatic imine (C=N–C) groups is 1. The van der Waals surface area contributed by atoms with Crippen LogP contribution in [-0.2, 0) is 19.0 Å². The highest BCUT2D eigenvalue weighted by atomic mass is 16.5. The second-order valence-electron chi connectivity index (χ2n) is 5.53. The van der Waals surface area contributed by atoms with Gasteiger partial charge in [0.25, 0.3) is 0 Å². The quantitative estimate of drug-likeness (QED) is 0.669. The lowest BCUT2D eigenvalue weighted by atomic mass is 10.0. The molecule has 1 aromatic heterocycles. The Bertz CT molecular complexity index is 619. The number of ether oxygens (including phenoxy) is 4. The predicted octanol–water partition coefficient (Wildman–Crippen LogP) is 0.954. The summed E-state index contributed by atoms with van der Waals surface area (Å²) in [6, 6.07) is 1.42. The van der Waals surface area contributed by atoms with Crippen LogP contribution in [0.4, 0.5) is 0 Å². The first-order valence-electron chi connectivity index (χ1n) is 7.59. The van der Waals surface area contributed by atoms with E-state index in [1.807, 2.05) is 0 Å². The number of pyridine rings is 1. The molecule has 2 rings (SSSR count). The predicted molar refractivity (Wildman–Crippen MR) is 85.7 cm³/mol. The van der Waals surface area contributed by atoms with Crippen molar-refractivity contribution in [1.82, 2.24) is 4.98 Å². The highest BCUT2D eigenvalue weighted by molar-refractivity contribution is 6.00. The third-order valence-electron chi connectivity index (χ3n) is 3.57. The van der Waals surface area contributed by atoms with E-state index in [-0.39, 0.29) is 29.7 Å². The molecule has 0 spiro atoms. The summed E-state index contributed by atoms with van der Waals surface area (Å²) < 4.78 is 21.0. The van der Waals surface area contributed by atoms with Gasteiger partial charge in [-0.25, -0.2) is 9.98 Å². The van der Waals surface area contributed by atoms with Crippen molar-refractivity contribution in [2.45, 2.75) is 19.4 Å². The summed E-state index contributed by atoms with van der Waals surface area (Å²) in [6.45, 7) is 5.01. The van der Waals surface area contributed by atoms with Crippen LogP contribution in [0.3, 0.4) is 0 Å². The Morgan fingerprint density at radius 2 is 2.12 bits per heavy atom. The third-order valence-corrected chi connectivity index (χ3v) is 3.57. The van der Waals surface area contributed by atoms with Gasteiger partial charge in [-0.15, -0.1) is 0 Å². The Kier molecular flexibility index (Phi) is 6.10. The van der Waals surface area contributed by atoms with Crippen molar-refractivity contribution < 1.29 is 28.8 Å². The number of nitrogens with zero attached hydrogens (tertiary/aromatic N) is 2. The maximum Gasteiger partial charge on any atom is 0.240 e. The molecule has 0 aliphatic carbocycles. The van der Waals surface area contributed by atoms with Gasteiger partial charge in [-0.2, -0.15) is 0 Å². The summed E-state index contributed by atoms with van der Waals surface area (Å²) in [5.41, 5.74) is -0.748. The Labute approximate surface area is 140 Å². The number of aromatic nitrogens is 1. The SMILES string of the molecule is COCCOCCOc1cnc(C2=NC(C)(C(C)=O)CO2)c(O)c1. The molecule has 0 amide bonds. The maximum atomic E-state index is 11.6. The van der Waals surface area contributed by atoms with Gasteiger partial charge >= 0.3 is 0 Å². The molecule has 132 valence electrons. The standard InChI is InChI=1S/C16H22N2O6/c1-11(19)16(2)10-24-15(18-16)14-13(20)8-12(9-17-14)23-7-6-22-5-4-21-3/h8-9,20H,4-7,10H2,1-3H3. The number of carbonyl (C=O) groups is 1. The molecule has 8 heteroatoms. The number of carbonyl (C=O) groups excluding carboxylic acids is 1. The van der Waals surface area contributed by atoms with Crippen LogP contribution in [-0.4, -0.2) is 67.5 Å². The first kappa shape index (κ1) is 18.2. The molecule has 0 fully saturated rings. The van der Waals surface area contributed by atoms with Gasteiger partial charge in [-0.1, -0.05) is 0 Å².